The number of hydrogen-bond acceptors (Lipinski definition) is 7. The molecule has 0 bridgehead atoms. The van der Waals surface area contributed by atoms with Crippen LogP contribution in [0.5, 0.6) is 0 Å². The fraction of sp³-hybridized carbons (Fsp3) is 0.182. The normalized spacial score (nSPS) is 11.1. The summed E-state index contributed by atoms with van der Waals surface area (Å²) in [6.07, 6.45) is 5.37. The van der Waals surface area contributed by atoms with E-state index in [2.05, 4.69) is 25.0 Å². The highest BCUT2D eigenvalue weighted by Gasteiger charge is 2.12. The van der Waals surface area contributed by atoms with Gasteiger partial charge in [-0.3, -0.25) is 4.98 Å². The lowest BCUT2D eigenvalue weighted by Gasteiger charge is -1.97. The van der Waals surface area contributed by atoms with Gasteiger partial charge in [0.1, 0.15) is 0 Å². The van der Waals surface area contributed by atoms with Crippen LogP contribution in [-0.4, -0.2) is 35.8 Å². The third kappa shape index (κ3) is 2.10. The number of thioether (sulfide) groups is 1. The van der Waals surface area contributed by atoms with E-state index in [0.29, 0.717) is 16.8 Å². The largest absolute Gasteiger partial charge is 0.368 e. The SMILES string of the molecule is CSc1nc(N)n2nc(-c3cncc(C)c3)nc2n1. The molecule has 8 heteroatoms. The highest BCUT2D eigenvalue weighted by Crippen LogP contribution is 2.18. The lowest BCUT2D eigenvalue weighted by molar-refractivity contribution is 0.851. The van der Waals surface area contributed by atoms with Crippen molar-refractivity contribution in [1.82, 2.24) is 29.5 Å². The Morgan fingerprint density at radius 1 is 1.21 bits per heavy atom. The van der Waals surface area contributed by atoms with Gasteiger partial charge >= 0.3 is 0 Å². The quantitative estimate of drug-likeness (QED) is 0.701. The second kappa shape index (κ2) is 4.47. The van der Waals surface area contributed by atoms with Crippen molar-refractivity contribution >= 4 is 23.5 Å². The lowest BCUT2D eigenvalue weighted by atomic mass is 10.2. The molecule has 2 N–H and O–H groups in total. The van der Waals surface area contributed by atoms with Crippen molar-refractivity contribution in [3.05, 3.63) is 24.0 Å². The topological polar surface area (TPSA) is 94.9 Å². The Balaban J connectivity index is 2.19. The molecule has 0 fully saturated rings. The molecule has 0 radical (unpaired) electrons. The van der Waals surface area contributed by atoms with Gasteiger partial charge in [0.25, 0.3) is 5.78 Å². The second-order valence-electron chi connectivity index (χ2n) is 3.97. The Bertz CT molecular complexity index is 752. The molecule has 0 amide bonds. The number of nitrogen functional groups attached to an aromatic ring is 1. The third-order valence-corrected chi connectivity index (χ3v) is 3.08. The summed E-state index contributed by atoms with van der Waals surface area (Å²) in [5.74, 6) is 1.25. The predicted molar refractivity (Wildman–Crippen MR) is 72.7 cm³/mol. The molecule has 0 saturated carbocycles. The third-order valence-electron chi connectivity index (χ3n) is 2.53. The Morgan fingerprint density at radius 2 is 2.05 bits per heavy atom. The summed E-state index contributed by atoms with van der Waals surface area (Å²) in [5, 5.41) is 4.88. The highest BCUT2D eigenvalue weighted by atomic mass is 32.2. The van der Waals surface area contributed by atoms with Crippen LogP contribution in [0.2, 0.25) is 0 Å². The van der Waals surface area contributed by atoms with Crippen LogP contribution >= 0.6 is 11.8 Å². The average molecular weight is 273 g/mol. The van der Waals surface area contributed by atoms with Gasteiger partial charge in [-0.05, 0) is 24.8 Å². The van der Waals surface area contributed by atoms with E-state index in [9.17, 15) is 0 Å². The molecule has 0 atom stereocenters. The molecule has 19 heavy (non-hydrogen) atoms. The van der Waals surface area contributed by atoms with Gasteiger partial charge in [-0.15, -0.1) is 5.10 Å². The molecule has 3 heterocycles. The minimum Gasteiger partial charge on any atom is -0.368 e. The van der Waals surface area contributed by atoms with Crippen LogP contribution in [-0.2, 0) is 0 Å². The van der Waals surface area contributed by atoms with Gasteiger partial charge in [0.2, 0.25) is 5.95 Å². The van der Waals surface area contributed by atoms with Crippen molar-refractivity contribution in [1.29, 1.82) is 0 Å². The van der Waals surface area contributed by atoms with Crippen LogP contribution in [0.25, 0.3) is 17.2 Å². The van der Waals surface area contributed by atoms with Crippen LogP contribution < -0.4 is 5.73 Å². The summed E-state index contributed by atoms with van der Waals surface area (Å²) in [4.78, 5) is 16.9. The van der Waals surface area contributed by atoms with Gasteiger partial charge in [-0.2, -0.15) is 19.5 Å². The summed E-state index contributed by atoms with van der Waals surface area (Å²) < 4.78 is 1.43. The summed E-state index contributed by atoms with van der Waals surface area (Å²) in [6, 6.07) is 1.96. The highest BCUT2D eigenvalue weighted by molar-refractivity contribution is 7.98. The number of anilines is 1. The molecular weight excluding hydrogens is 262 g/mol. The minimum atomic E-state index is 0.272. The Labute approximate surface area is 113 Å². The molecule has 0 saturated heterocycles. The van der Waals surface area contributed by atoms with Crippen molar-refractivity contribution in [2.24, 2.45) is 0 Å². The smallest absolute Gasteiger partial charge is 0.258 e. The minimum absolute atomic E-state index is 0.272. The number of rotatable bonds is 2. The van der Waals surface area contributed by atoms with E-state index in [1.54, 1.807) is 12.4 Å². The van der Waals surface area contributed by atoms with Crippen molar-refractivity contribution in [3.63, 3.8) is 0 Å². The van der Waals surface area contributed by atoms with Crippen LogP contribution in [0, 0.1) is 6.92 Å². The van der Waals surface area contributed by atoms with Crippen molar-refractivity contribution in [3.8, 4) is 11.4 Å². The first-order valence-corrected chi connectivity index (χ1v) is 6.76. The number of aromatic nitrogens is 6. The average Bonchev–Trinajstić information content (AvgIpc) is 2.83. The Kier molecular flexibility index (Phi) is 2.79. The fourth-order valence-corrected chi connectivity index (χ4v) is 2.03. The molecule has 0 aliphatic rings. The van der Waals surface area contributed by atoms with Crippen LogP contribution in [0.1, 0.15) is 5.56 Å². The van der Waals surface area contributed by atoms with Gasteiger partial charge < -0.3 is 5.73 Å². The van der Waals surface area contributed by atoms with E-state index in [-0.39, 0.29) is 5.95 Å². The first kappa shape index (κ1) is 11.8. The summed E-state index contributed by atoms with van der Waals surface area (Å²) >= 11 is 1.41. The first-order chi connectivity index (χ1) is 9.17. The summed E-state index contributed by atoms with van der Waals surface area (Å²) in [5.41, 5.74) is 7.71. The molecule has 3 aromatic heterocycles. The molecule has 0 aliphatic heterocycles. The molecule has 3 aromatic rings. The maximum Gasteiger partial charge on any atom is 0.258 e. The first-order valence-electron chi connectivity index (χ1n) is 5.53. The van der Waals surface area contributed by atoms with Gasteiger partial charge in [0.15, 0.2) is 11.0 Å². The summed E-state index contributed by atoms with van der Waals surface area (Å²) in [6.45, 7) is 1.96. The van der Waals surface area contributed by atoms with Crippen LogP contribution in [0.3, 0.4) is 0 Å². The molecule has 0 aromatic carbocycles. The van der Waals surface area contributed by atoms with E-state index in [0.717, 1.165) is 11.1 Å². The number of fused-ring (bicyclic) bond motifs is 1. The second-order valence-corrected chi connectivity index (χ2v) is 4.74. The van der Waals surface area contributed by atoms with Crippen LogP contribution in [0.15, 0.2) is 23.6 Å². The summed E-state index contributed by atoms with van der Waals surface area (Å²) in [7, 11) is 0. The Hall–Kier alpha value is -2.22. The van der Waals surface area contributed by atoms with Crippen molar-refractivity contribution in [2.45, 2.75) is 12.1 Å². The number of nitrogens with zero attached hydrogens (tertiary/aromatic N) is 6. The zero-order valence-electron chi connectivity index (χ0n) is 10.4. The maximum atomic E-state index is 5.83. The van der Waals surface area contributed by atoms with Gasteiger partial charge in [0, 0.05) is 18.0 Å². The molecular formula is C11H11N7S. The van der Waals surface area contributed by atoms with Crippen LogP contribution in [0.4, 0.5) is 5.95 Å². The van der Waals surface area contributed by atoms with Crippen molar-refractivity contribution < 1.29 is 0 Å². The lowest BCUT2D eigenvalue weighted by Crippen LogP contribution is -2.04. The molecule has 96 valence electrons. The van der Waals surface area contributed by atoms with Gasteiger partial charge in [0.05, 0.1) is 0 Å². The number of aryl methyl sites for hydroxylation is 1. The number of pyridine rings is 1. The number of hydrogen-bond donors (Lipinski definition) is 1. The van der Waals surface area contributed by atoms with E-state index in [1.807, 2.05) is 19.2 Å². The number of nitrogens with two attached hydrogens (primary N) is 1. The van der Waals surface area contributed by atoms with E-state index < -0.39 is 0 Å². The monoisotopic (exact) mass is 273 g/mol. The zero-order valence-corrected chi connectivity index (χ0v) is 11.2. The zero-order chi connectivity index (χ0) is 13.4. The molecule has 7 nitrogen and oxygen atoms in total. The van der Waals surface area contributed by atoms with E-state index in [4.69, 9.17) is 5.73 Å². The molecule has 0 spiro atoms. The fourth-order valence-electron chi connectivity index (χ4n) is 1.68. The molecule has 0 unspecified atom stereocenters. The van der Waals surface area contributed by atoms with E-state index in [1.165, 1.54) is 16.3 Å². The Morgan fingerprint density at radius 3 is 2.79 bits per heavy atom. The van der Waals surface area contributed by atoms with E-state index >= 15 is 0 Å². The van der Waals surface area contributed by atoms with Gasteiger partial charge in [-0.25, -0.2) is 0 Å². The standard InChI is InChI=1S/C11H11N7S/c1-6-3-7(5-13-4-6)8-14-10-16-11(19-2)15-9(12)18(10)17-8/h3-5H,1-2H3,(H2,12,14,15,16,17). The molecule has 0 aliphatic carbocycles. The molecule has 3 rings (SSSR count). The van der Waals surface area contributed by atoms with Crippen molar-refractivity contribution in [2.75, 3.05) is 12.0 Å². The maximum absolute atomic E-state index is 5.83. The van der Waals surface area contributed by atoms with Gasteiger partial charge in [-0.1, -0.05) is 11.8 Å². The predicted octanol–water partition coefficient (Wildman–Crippen LogP) is 1.19.